The zero-order valence-corrected chi connectivity index (χ0v) is 14.3. The molecule has 126 valence electrons. The molecule has 0 bridgehead atoms. The van der Waals surface area contributed by atoms with Gasteiger partial charge in [0.1, 0.15) is 0 Å². The summed E-state index contributed by atoms with van der Waals surface area (Å²) >= 11 is 0. The maximum absolute atomic E-state index is 11.7. The number of hydrogen-bond donors (Lipinski definition) is 0. The molecular formula is C16H23N3O4. The van der Waals surface area contributed by atoms with Crippen molar-refractivity contribution >= 4 is 17.1 Å². The van der Waals surface area contributed by atoms with Gasteiger partial charge >= 0.3 is 5.69 Å². The highest BCUT2D eigenvalue weighted by Gasteiger charge is 2.42. The van der Waals surface area contributed by atoms with E-state index < -0.39 is 9.85 Å². The number of nitro benzene ring substituents is 2. The molecule has 0 heterocycles. The van der Waals surface area contributed by atoms with E-state index in [0.717, 1.165) is 18.4 Å². The smallest absolute Gasteiger partial charge is 0.303 e. The van der Waals surface area contributed by atoms with Crippen LogP contribution in [0.4, 0.5) is 17.1 Å². The molecule has 0 spiro atoms. The lowest BCUT2D eigenvalue weighted by molar-refractivity contribution is -0.393. The van der Waals surface area contributed by atoms with Gasteiger partial charge in [0.25, 0.3) is 5.69 Å². The molecule has 23 heavy (non-hydrogen) atoms. The van der Waals surface area contributed by atoms with Gasteiger partial charge in [-0.05, 0) is 36.2 Å². The third-order valence-corrected chi connectivity index (χ3v) is 5.20. The molecule has 0 fully saturated rings. The fourth-order valence-corrected chi connectivity index (χ4v) is 3.59. The summed E-state index contributed by atoms with van der Waals surface area (Å²) in [6, 6.07) is 1.57. The van der Waals surface area contributed by atoms with Gasteiger partial charge in [-0.15, -0.1) is 0 Å². The fourth-order valence-electron chi connectivity index (χ4n) is 3.59. The lowest BCUT2D eigenvalue weighted by Crippen LogP contribution is -2.34. The minimum atomic E-state index is -0.516. The summed E-state index contributed by atoms with van der Waals surface area (Å²) in [5, 5.41) is 23.2. The van der Waals surface area contributed by atoms with E-state index in [1.54, 1.807) is 20.2 Å². The summed E-state index contributed by atoms with van der Waals surface area (Å²) < 4.78 is 0. The van der Waals surface area contributed by atoms with E-state index in [0.29, 0.717) is 12.0 Å². The molecule has 0 saturated carbocycles. The second kappa shape index (κ2) is 5.79. The molecule has 1 aliphatic rings. The van der Waals surface area contributed by atoms with Crippen LogP contribution in [0.5, 0.6) is 0 Å². The normalized spacial score (nSPS) is 20.3. The molecule has 7 heteroatoms. The highest BCUT2D eigenvalue weighted by molar-refractivity contribution is 5.79. The van der Waals surface area contributed by atoms with Crippen molar-refractivity contribution in [3.05, 3.63) is 37.4 Å². The molecule has 0 amide bonds. The predicted molar refractivity (Wildman–Crippen MR) is 89.2 cm³/mol. The molecule has 1 unspecified atom stereocenters. The zero-order valence-electron chi connectivity index (χ0n) is 14.3. The van der Waals surface area contributed by atoms with Crippen LogP contribution in [0.25, 0.3) is 0 Å². The van der Waals surface area contributed by atoms with Crippen LogP contribution in [0.15, 0.2) is 6.07 Å². The number of anilines is 1. The number of rotatable bonds is 4. The predicted octanol–water partition coefficient (Wildman–Crippen LogP) is 3.82. The molecule has 0 N–H and O–H groups in total. The van der Waals surface area contributed by atoms with Gasteiger partial charge in [-0.25, -0.2) is 0 Å². The Morgan fingerprint density at radius 3 is 2.26 bits per heavy atom. The van der Waals surface area contributed by atoms with Crippen molar-refractivity contribution in [3.8, 4) is 0 Å². The standard InChI is InChI=1S/C16H23N3O4/c1-10(2)16(3)8-6-7-11-12(16)9-13(18(20)21)15(17(4)5)14(11)19(22)23/h9-10H,6-8H2,1-5H3. The van der Waals surface area contributed by atoms with Gasteiger partial charge in [0.15, 0.2) is 5.69 Å². The Bertz CT molecular complexity index is 670. The maximum Gasteiger partial charge on any atom is 0.303 e. The van der Waals surface area contributed by atoms with Crippen LogP contribution in [0, 0.1) is 26.1 Å². The van der Waals surface area contributed by atoms with Crippen LogP contribution in [0.2, 0.25) is 0 Å². The third-order valence-electron chi connectivity index (χ3n) is 5.20. The Kier molecular flexibility index (Phi) is 4.32. The van der Waals surface area contributed by atoms with Crippen molar-refractivity contribution in [2.75, 3.05) is 19.0 Å². The molecule has 0 aromatic heterocycles. The van der Waals surface area contributed by atoms with Crippen molar-refractivity contribution in [1.29, 1.82) is 0 Å². The second-order valence-electron chi connectivity index (χ2n) is 6.95. The lowest BCUT2D eigenvalue weighted by Gasteiger charge is -2.39. The molecule has 7 nitrogen and oxygen atoms in total. The van der Waals surface area contributed by atoms with Gasteiger partial charge < -0.3 is 4.90 Å². The van der Waals surface area contributed by atoms with Crippen molar-refractivity contribution < 1.29 is 9.85 Å². The van der Waals surface area contributed by atoms with E-state index in [2.05, 4.69) is 20.8 Å². The van der Waals surface area contributed by atoms with E-state index in [-0.39, 0.29) is 28.4 Å². The van der Waals surface area contributed by atoms with Crippen molar-refractivity contribution in [3.63, 3.8) is 0 Å². The summed E-state index contributed by atoms with van der Waals surface area (Å²) in [7, 11) is 3.21. The highest BCUT2D eigenvalue weighted by atomic mass is 16.6. The molecule has 0 saturated heterocycles. The summed E-state index contributed by atoms with van der Waals surface area (Å²) in [6.07, 6.45) is 2.33. The number of fused-ring (bicyclic) bond motifs is 1. The Hall–Kier alpha value is -2.18. The highest BCUT2D eigenvalue weighted by Crippen LogP contribution is 2.50. The van der Waals surface area contributed by atoms with Gasteiger partial charge in [-0.2, -0.15) is 0 Å². The quantitative estimate of drug-likeness (QED) is 0.621. The van der Waals surface area contributed by atoms with E-state index in [1.165, 1.54) is 4.90 Å². The summed E-state index contributed by atoms with van der Waals surface area (Å²) in [4.78, 5) is 23.7. The molecule has 1 aliphatic carbocycles. The maximum atomic E-state index is 11.7. The largest absolute Gasteiger partial charge is 0.366 e. The van der Waals surface area contributed by atoms with Gasteiger partial charge in [-0.3, -0.25) is 20.2 Å². The first-order chi connectivity index (χ1) is 10.6. The molecule has 1 aromatic rings. The topological polar surface area (TPSA) is 89.5 Å². The molecule has 0 radical (unpaired) electrons. The van der Waals surface area contributed by atoms with Crippen LogP contribution in [-0.4, -0.2) is 23.9 Å². The van der Waals surface area contributed by atoms with Crippen LogP contribution >= 0.6 is 0 Å². The number of hydrogen-bond acceptors (Lipinski definition) is 5. The zero-order chi connectivity index (χ0) is 17.5. The van der Waals surface area contributed by atoms with Gasteiger partial charge in [-0.1, -0.05) is 20.8 Å². The minimum Gasteiger partial charge on any atom is -0.366 e. The number of nitrogens with zero attached hydrogens (tertiary/aromatic N) is 3. The molecule has 0 aliphatic heterocycles. The fraction of sp³-hybridized carbons (Fsp3) is 0.625. The third kappa shape index (κ3) is 2.64. The van der Waals surface area contributed by atoms with Crippen LogP contribution in [-0.2, 0) is 11.8 Å². The van der Waals surface area contributed by atoms with Crippen molar-refractivity contribution in [2.45, 2.75) is 45.4 Å². The second-order valence-corrected chi connectivity index (χ2v) is 6.95. The van der Waals surface area contributed by atoms with Crippen LogP contribution in [0.3, 0.4) is 0 Å². The van der Waals surface area contributed by atoms with E-state index >= 15 is 0 Å². The summed E-state index contributed by atoms with van der Waals surface area (Å²) in [6.45, 7) is 6.18. The van der Waals surface area contributed by atoms with E-state index in [1.807, 2.05) is 0 Å². The number of benzene rings is 1. The van der Waals surface area contributed by atoms with Gasteiger partial charge in [0, 0.05) is 25.7 Å². The Balaban J connectivity index is 2.92. The Labute approximate surface area is 135 Å². The van der Waals surface area contributed by atoms with Gasteiger partial charge in [0.2, 0.25) is 0 Å². The SMILES string of the molecule is CC(C)C1(C)CCCc2c1cc([N+](=O)[O-])c(N(C)C)c2[N+](=O)[O-]. The average molecular weight is 321 g/mol. The van der Waals surface area contributed by atoms with Crippen LogP contribution < -0.4 is 4.90 Å². The molecule has 1 aromatic carbocycles. The molecular weight excluding hydrogens is 298 g/mol. The Morgan fingerprint density at radius 1 is 1.22 bits per heavy atom. The first-order valence-corrected chi connectivity index (χ1v) is 7.77. The summed E-state index contributed by atoms with van der Waals surface area (Å²) in [5.74, 6) is 0.242. The number of nitro groups is 2. The first kappa shape index (κ1) is 17.2. The van der Waals surface area contributed by atoms with Crippen molar-refractivity contribution in [1.82, 2.24) is 0 Å². The van der Waals surface area contributed by atoms with E-state index in [4.69, 9.17) is 0 Å². The average Bonchev–Trinajstić information content (AvgIpc) is 2.44. The monoisotopic (exact) mass is 321 g/mol. The minimum absolute atomic E-state index is 0.0896. The molecule has 2 rings (SSSR count). The van der Waals surface area contributed by atoms with Gasteiger partial charge in [0.05, 0.1) is 9.85 Å². The van der Waals surface area contributed by atoms with Crippen LogP contribution in [0.1, 0.15) is 44.7 Å². The molecule has 1 atom stereocenters. The summed E-state index contributed by atoms with van der Waals surface area (Å²) in [5.41, 5.74) is 0.940. The Morgan fingerprint density at radius 2 is 1.83 bits per heavy atom. The first-order valence-electron chi connectivity index (χ1n) is 7.77. The van der Waals surface area contributed by atoms with E-state index in [9.17, 15) is 20.2 Å². The lowest BCUT2D eigenvalue weighted by atomic mass is 9.64. The van der Waals surface area contributed by atoms with Crippen molar-refractivity contribution in [2.24, 2.45) is 5.92 Å².